The smallest absolute Gasteiger partial charge is 0.255 e. The SMILES string of the molecule is CC(C)N1CCN(Cc2ccc3cc(C(=O)Nc4cc(NC(=O)c5ccc6c(c5)OCCO6)ccc4F)ccc3n2)[C@@H](C)C1. The number of anilines is 2. The molecule has 0 radical (unpaired) electrons. The Bertz CT molecular complexity index is 1710. The van der Waals surface area contributed by atoms with Crippen LogP contribution in [0.2, 0.25) is 0 Å². The first kappa shape index (κ1) is 29.5. The normalized spacial score (nSPS) is 17.1. The van der Waals surface area contributed by atoms with Crippen LogP contribution in [0, 0.1) is 5.82 Å². The van der Waals surface area contributed by atoms with Crippen molar-refractivity contribution in [2.45, 2.75) is 39.4 Å². The van der Waals surface area contributed by atoms with Gasteiger partial charge in [0, 0.05) is 60.5 Å². The molecule has 0 bridgehead atoms. The molecule has 6 rings (SSSR count). The van der Waals surface area contributed by atoms with Crippen LogP contribution >= 0.6 is 0 Å². The summed E-state index contributed by atoms with van der Waals surface area (Å²) in [4.78, 5) is 35.8. The molecule has 3 heterocycles. The van der Waals surface area contributed by atoms with E-state index < -0.39 is 17.6 Å². The van der Waals surface area contributed by atoms with Crippen LogP contribution in [0.5, 0.6) is 11.5 Å². The zero-order chi connectivity index (χ0) is 30.8. The summed E-state index contributed by atoms with van der Waals surface area (Å²) in [5.74, 6) is -0.421. The highest BCUT2D eigenvalue weighted by Gasteiger charge is 2.25. The van der Waals surface area contributed by atoms with Crippen molar-refractivity contribution in [3.05, 3.63) is 89.4 Å². The summed E-state index contributed by atoms with van der Waals surface area (Å²) >= 11 is 0. The minimum atomic E-state index is -0.619. The number of ether oxygens (including phenoxy) is 2. The number of benzene rings is 3. The minimum Gasteiger partial charge on any atom is -0.486 e. The average molecular weight is 598 g/mol. The summed E-state index contributed by atoms with van der Waals surface area (Å²) in [6.45, 7) is 11.4. The predicted molar refractivity (Wildman–Crippen MR) is 168 cm³/mol. The van der Waals surface area contributed by atoms with E-state index in [0.29, 0.717) is 53.6 Å². The van der Waals surface area contributed by atoms with E-state index in [1.165, 1.54) is 18.2 Å². The summed E-state index contributed by atoms with van der Waals surface area (Å²) in [6, 6.07) is 19.1. The number of carbonyl (C=O) groups is 2. The zero-order valence-corrected chi connectivity index (χ0v) is 25.1. The number of hydrogen-bond acceptors (Lipinski definition) is 7. The third-order valence-corrected chi connectivity index (χ3v) is 8.18. The minimum absolute atomic E-state index is 0.0461. The topological polar surface area (TPSA) is 96.0 Å². The molecule has 0 aliphatic carbocycles. The van der Waals surface area contributed by atoms with Crippen LogP contribution in [-0.2, 0) is 6.54 Å². The standard InChI is InChI=1S/C34H36FN5O4/c1-21(2)39-12-13-40(22(3)19-39)20-27-7-4-23-16-24(5-10-29(23)36-27)34(42)38-30-18-26(8-9-28(30)35)37-33(41)25-6-11-31-32(17-25)44-15-14-43-31/h4-11,16-18,21-22H,12-15,19-20H2,1-3H3,(H,37,41)(H,38,42)/t22-/m0/s1. The molecule has 4 aromatic rings. The molecular formula is C34H36FN5O4. The Morgan fingerprint density at radius 2 is 1.66 bits per heavy atom. The van der Waals surface area contributed by atoms with Gasteiger partial charge in [-0.2, -0.15) is 0 Å². The van der Waals surface area contributed by atoms with E-state index in [4.69, 9.17) is 14.5 Å². The molecule has 2 amide bonds. The van der Waals surface area contributed by atoms with E-state index >= 15 is 0 Å². The Hall–Kier alpha value is -4.54. The lowest BCUT2D eigenvalue weighted by Crippen LogP contribution is -2.53. The monoisotopic (exact) mass is 597 g/mol. The van der Waals surface area contributed by atoms with E-state index in [1.54, 1.807) is 30.3 Å². The van der Waals surface area contributed by atoms with Gasteiger partial charge in [-0.1, -0.05) is 6.07 Å². The Kier molecular flexibility index (Phi) is 8.45. The van der Waals surface area contributed by atoms with E-state index in [-0.39, 0.29) is 5.69 Å². The largest absolute Gasteiger partial charge is 0.486 e. The van der Waals surface area contributed by atoms with E-state index in [2.05, 4.69) is 41.2 Å². The molecule has 2 aliphatic rings. The highest BCUT2D eigenvalue weighted by Crippen LogP contribution is 2.31. The van der Waals surface area contributed by atoms with Crippen LogP contribution in [0.4, 0.5) is 15.8 Å². The third-order valence-electron chi connectivity index (χ3n) is 8.18. The maximum atomic E-state index is 14.7. The number of amides is 2. The van der Waals surface area contributed by atoms with Crippen molar-refractivity contribution in [1.29, 1.82) is 0 Å². The second kappa shape index (κ2) is 12.6. The van der Waals surface area contributed by atoms with Crippen LogP contribution in [0.15, 0.2) is 66.7 Å². The fourth-order valence-corrected chi connectivity index (χ4v) is 5.61. The van der Waals surface area contributed by atoms with Gasteiger partial charge < -0.3 is 20.1 Å². The van der Waals surface area contributed by atoms with Crippen molar-refractivity contribution in [2.24, 2.45) is 0 Å². The van der Waals surface area contributed by atoms with Crippen molar-refractivity contribution >= 4 is 34.1 Å². The maximum Gasteiger partial charge on any atom is 0.255 e. The summed E-state index contributed by atoms with van der Waals surface area (Å²) in [6.07, 6.45) is 0. The van der Waals surface area contributed by atoms with Crippen molar-refractivity contribution in [2.75, 3.05) is 43.5 Å². The molecule has 10 heteroatoms. The molecule has 3 aromatic carbocycles. The van der Waals surface area contributed by atoms with Gasteiger partial charge in [0.25, 0.3) is 11.8 Å². The van der Waals surface area contributed by atoms with Gasteiger partial charge in [-0.05, 0) is 81.4 Å². The predicted octanol–water partition coefficient (Wildman–Crippen LogP) is 5.56. The van der Waals surface area contributed by atoms with Crippen molar-refractivity contribution in [3.8, 4) is 11.5 Å². The number of aromatic nitrogens is 1. The lowest BCUT2D eigenvalue weighted by molar-refractivity contribution is 0.0590. The molecule has 228 valence electrons. The van der Waals surface area contributed by atoms with Crippen molar-refractivity contribution < 1.29 is 23.5 Å². The summed E-state index contributed by atoms with van der Waals surface area (Å²) in [7, 11) is 0. The van der Waals surface area contributed by atoms with Crippen LogP contribution in [0.1, 0.15) is 47.2 Å². The number of nitrogens with zero attached hydrogens (tertiary/aromatic N) is 3. The summed E-state index contributed by atoms with van der Waals surface area (Å²) in [5.41, 5.74) is 2.79. The Labute approximate surface area is 256 Å². The Balaban J connectivity index is 1.11. The van der Waals surface area contributed by atoms with Crippen molar-refractivity contribution in [1.82, 2.24) is 14.8 Å². The number of hydrogen-bond donors (Lipinski definition) is 2. The maximum absolute atomic E-state index is 14.7. The van der Waals surface area contributed by atoms with Gasteiger partial charge in [0.05, 0.1) is 16.9 Å². The van der Waals surface area contributed by atoms with Crippen LogP contribution < -0.4 is 20.1 Å². The zero-order valence-electron chi connectivity index (χ0n) is 25.1. The first-order valence-electron chi connectivity index (χ1n) is 14.9. The number of rotatable bonds is 7. The first-order chi connectivity index (χ1) is 21.2. The second-order valence-corrected chi connectivity index (χ2v) is 11.6. The van der Waals surface area contributed by atoms with E-state index in [9.17, 15) is 14.0 Å². The number of nitrogens with one attached hydrogen (secondary N) is 2. The summed E-state index contributed by atoms with van der Waals surface area (Å²) in [5, 5.41) is 6.20. The summed E-state index contributed by atoms with van der Waals surface area (Å²) < 4.78 is 25.8. The highest BCUT2D eigenvalue weighted by atomic mass is 19.1. The lowest BCUT2D eigenvalue weighted by Gasteiger charge is -2.41. The van der Waals surface area contributed by atoms with Gasteiger partial charge in [-0.25, -0.2) is 4.39 Å². The second-order valence-electron chi connectivity index (χ2n) is 11.6. The fourth-order valence-electron chi connectivity index (χ4n) is 5.61. The molecule has 1 aromatic heterocycles. The van der Waals surface area contributed by atoms with Gasteiger partial charge in [0.2, 0.25) is 0 Å². The number of piperazine rings is 1. The molecule has 1 fully saturated rings. The van der Waals surface area contributed by atoms with E-state index in [1.807, 2.05) is 18.2 Å². The van der Waals surface area contributed by atoms with E-state index in [0.717, 1.165) is 42.8 Å². The van der Waals surface area contributed by atoms with Crippen LogP contribution in [0.3, 0.4) is 0 Å². The molecule has 0 saturated carbocycles. The molecule has 44 heavy (non-hydrogen) atoms. The number of halogens is 1. The molecule has 9 nitrogen and oxygen atoms in total. The molecule has 0 unspecified atom stereocenters. The Morgan fingerprint density at radius 1 is 0.909 bits per heavy atom. The number of carbonyl (C=O) groups excluding carboxylic acids is 2. The molecule has 0 spiro atoms. The first-order valence-corrected chi connectivity index (χ1v) is 14.9. The number of pyridine rings is 1. The van der Waals surface area contributed by atoms with Gasteiger partial charge >= 0.3 is 0 Å². The number of fused-ring (bicyclic) bond motifs is 2. The quantitative estimate of drug-likeness (QED) is 0.288. The van der Waals surface area contributed by atoms with Gasteiger partial charge in [-0.3, -0.25) is 24.4 Å². The average Bonchev–Trinajstić information content (AvgIpc) is 3.03. The molecule has 2 aliphatic heterocycles. The van der Waals surface area contributed by atoms with Gasteiger partial charge in [-0.15, -0.1) is 0 Å². The molecule has 1 atom stereocenters. The fraction of sp³-hybridized carbons (Fsp3) is 0.324. The lowest BCUT2D eigenvalue weighted by atomic mass is 10.1. The van der Waals surface area contributed by atoms with Crippen LogP contribution in [0.25, 0.3) is 10.9 Å². The van der Waals surface area contributed by atoms with Crippen LogP contribution in [-0.4, -0.2) is 71.5 Å². The van der Waals surface area contributed by atoms with Gasteiger partial charge in [0.1, 0.15) is 19.0 Å². The van der Waals surface area contributed by atoms with Crippen molar-refractivity contribution in [3.63, 3.8) is 0 Å². The highest BCUT2D eigenvalue weighted by molar-refractivity contribution is 6.07. The molecular weight excluding hydrogens is 561 g/mol. The molecule has 1 saturated heterocycles. The Morgan fingerprint density at radius 3 is 2.45 bits per heavy atom. The molecule has 2 N–H and O–H groups in total. The third kappa shape index (κ3) is 6.51. The van der Waals surface area contributed by atoms with Gasteiger partial charge in [0.15, 0.2) is 11.5 Å².